The highest BCUT2D eigenvalue weighted by atomic mass is 16.6. The van der Waals surface area contributed by atoms with E-state index in [4.69, 9.17) is 9.47 Å². The number of rotatable bonds is 8. The van der Waals surface area contributed by atoms with Gasteiger partial charge in [-0.3, -0.25) is 24.5 Å². The third-order valence-corrected chi connectivity index (χ3v) is 10.6. The van der Waals surface area contributed by atoms with E-state index >= 15 is 0 Å². The van der Waals surface area contributed by atoms with Gasteiger partial charge in [-0.1, -0.05) is 25.5 Å². The summed E-state index contributed by atoms with van der Waals surface area (Å²) in [6.45, 7) is 9.59. The minimum absolute atomic E-state index is 0.00170. The van der Waals surface area contributed by atoms with Crippen molar-refractivity contribution in [3.05, 3.63) is 21.8 Å². The molecule has 8 heteroatoms. The van der Waals surface area contributed by atoms with Crippen LogP contribution in [-0.2, 0) is 23.9 Å². The van der Waals surface area contributed by atoms with Crippen molar-refractivity contribution in [3.8, 4) is 0 Å². The lowest BCUT2D eigenvalue weighted by molar-refractivity contribution is -0.534. The van der Waals surface area contributed by atoms with Gasteiger partial charge < -0.3 is 9.47 Å². The number of carbonyl (C=O) groups is 3. The van der Waals surface area contributed by atoms with E-state index in [1.165, 1.54) is 12.5 Å². The van der Waals surface area contributed by atoms with Crippen LogP contribution in [-0.4, -0.2) is 41.4 Å². The molecule has 4 rings (SSSR count). The first-order valence-electron chi connectivity index (χ1n) is 14.1. The summed E-state index contributed by atoms with van der Waals surface area (Å²) in [5, 5.41) is 12.3. The van der Waals surface area contributed by atoms with E-state index in [0.717, 1.165) is 38.5 Å². The second-order valence-electron chi connectivity index (χ2n) is 12.5. The van der Waals surface area contributed by atoms with Crippen LogP contribution in [0.5, 0.6) is 0 Å². The standard InChI is InChI=1S/C29H43NO7/c1-6-36-26(33)10-9-25(30(34)35)22-16-24-21-8-7-19-15-20(37-18(3)32)11-13-28(19,4)23(21)12-14-29(24,5)27(22)17(2)31/h7,20-25,27H,6,8-16H2,1-5H3/t20?,21-,22-,23+,24+,25+,27?,28+,29+/m1/s1. The molecule has 0 aromatic heterocycles. The number of hydrogen-bond donors (Lipinski definition) is 0. The molecule has 3 fully saturated rings. The van der Waals surface area contributed by atoms with Gasteiger partial charge in [0.15, 0.2) is 0 Å². The maximum atomic E-state index is 13.1. The first-order chi connectivity index (χ1) is 17.4. The first kappa shape index (κ1) is 27.8. The Balaban J connectivity index is 1.60. The van der Waals surface area contributed by atoms with Crippen molar-refractivity contribution in [1.29, 1.82) is 0 Å². The zero-order chi connectivity index (χ0) is 27.1. The maximum Gasteiger partial charge on any atom is 0.306 e. The van der Waals surface area contributed by atoms with Crippen molar-refractivity contribution in [3.63, 3.8) is 0 Å². The number of nitro groups is 1. The molecule has 37 heavy (non-hydrogen) atoms. The molecule has 0 spiro atoms. The molecule has 8 nitrogen and oxygen atoms in total. The molecule has 0 heterocycles. The molecular weight excluding hydrogens is 474 g/mol. The number of allylic oxidation sites excluding steroid dienone is 1. The Morgan fingerprint density at radius 1 is 1.16 bits per heavy atom. The predicted octanol–water partition coefficient (Wildman–Crippen LogP) is 5.30. The van der Waals surface area contributed by atoms with Gasteiger partial charge in [0.1, 0.15) is 11.9 Å². The smallest absolute Gasteiger partial charge is 0.306 e. The van der Waals surface area contributed by atoms with Crippen molar-refractivity contribution in [2.24, 2.45) is 40.4 Å². The van der Waals surface area contributed by atoms with Gasteiger partial charge in [0.05, 0.1) is 13.0 Å². The van der Waals surface area contributed by atoms with Crippen molar-refractivity contribution in [2.45, 2.75) is 105 Å². The molecule has 0 aromatic rings. The quantitative estimate of drug-likeness (QED) is 0.186. The third-order valence-electron chi connectivity index (χ3n) is 10.6. The number of Topliss-reactive ketones (excluding diaryl/α,β-unsaturated/α-hetero) is 1. The number of hydrogen-bond acceptors (Lipinski definition) is 7. The van der Waals surface area contributed by atoms with Crippen LogP contribution in [0.1, 0.15) is 92.4 Å². The number of fused-ring (bicyclic) bond motifs is 5. The van der Waals surface area contributed by atoms with E-state index < -0.39 is 12.0 Å². The molecule has 4 aliphatic rings. The van der Waals surface area contributed by atoms with E-state index in [1.807, 2.05) is 0 Å². The first-order valence-corrected chi connectivity index (χ1v) is 14.1. The van der Waals surface area contributed by atoms with Crippen LogP contribution >= 0.6 is 0 Å². The molecule has 3 saturated carbocycles. The third kappa shape index (κ3) is 4.97. The number of ketones is 1. The molecule has 0 radical (unpaired) electrons. The fourth-order valence-corrected chi connectivity index (χ4v) is 9.18. The summed E-state index contributed by atoms with van der Waals surface area (Å²) in [7, 11) is 0. The molecule has 2 unspecified atom stereocenters. The zero-order valence-electron chi connectivity index (χ0n) is 23.0. The Kier molecular flexibility index (Phi) is 7.87. The maximum absolute atomic E-state index is 13.1. The van der Waals surface area contributed by atoms with Crippen LogP contribution < -0.4 is 0 Å². The molecule has 4 aliphatic carbocycles. The van der Waals surface area contributed by atoms with Crippen molar-refractivity contribution in [2.75, 3.05) is 6.61 Å². The van der Waals surface area contributed by atoms with Crippen LogP contribution in [0.25, 0.3) is 0 Å². The largest absolute Gasteiger partial charge is 0.466 e. The Morgan fingerprint density at radius 3 is 2.51 bits per heavy atom. The lowest BCUT2D eigenvalue weighted by Crippen LogP contribution is -2.51. The van der Waals surface area contributed by atoms with Gasteiger partial charge in [-0.25, -0.2) is 0 Å². The van der Waals surface area contributed by atoms with Gasteiger partial charge in [0, 0.05) is 36.5 Å². The van der Waals surface area contributed by atoms with Gasteiger partial charge in [-0.2, -0.15) is 0 Å². The van der Waals surface area contributed by atoms with Crippen molar-refractivity contribution in [1.82, 2.24) is 0 Å². The van der Waals surface area contributed by atoms with Gasteiger partial charge in [0.2, 0.25) is 6.04 Å². The number of carbonyl (C=O) groups excluding carboxylic acids is 3. The van der Waals surface area contributed by atoms with Crippen molar-refractivity contribution < 1.29 is 28.8 Å². The van der Waals surface area contributed by atoms with E-state index in [0.29, 0.717) is 18.3 Å². The minimum Gasteiger partial charge on any atom is -0.466 e. The molecule has 206 valence electrons. The van der Waals surface area contributed by atoms with Crippen LogP contribution in [0.3, 0.4) is 0 Å². The Morgan fingerprint density at radius 2 is 1.89 bits per heavy atom. The van der Waals surface area contributed by atoms with E-state index in [2.05, 4.69) is 19.9 Å². The fourth-order valence-electron chi connectivity index (χ4n) is 9.18. The van der Waals surface area contributed by atoms with Gasteiger partial charge >= 0.3 is 11.9 Å². The number of ether oxygens (including phenoxy) is 2. The van der Waals surface area contributed by atoms with E-state index in [1.54, 1.807) is 13.8 Å². The molecule has 0 saturated heterocycles. The molecule has 0 aliphatic heterocycles. The monoisotopic (exact) mass is 517 g/mol. The molecule has 0 bridgehead atoms. The number of nitrogens with zero attached hydrogens (tertiary/aromatic N) is 1. The van der Waals surface area contributed by atoms with E-state index in [9.17, 15) is 24.5 Å². The topological polar surface area (TPSA) is 113 Å². The summed E-state index contributed by atoms with van der Waals surface area (Å²) in [6, 6.07) is -0.927. The summed E-state index contributed by atoms with van der Waals surface area (Å²) in [5.74, 6) is -0.273. The average Bonchev–Trinajstić information content (AvgIpc) is 3.12. The van der Waals surface area contributed by atoms with Gasteiger partial charge in [-0.15, -0.1) is 0 Å². The van der Waals surface area contributed by atoms with Gasteiger partial charge in [-0.05, 0) is 81.0 Å². The second kappa shape index (κ2) is 10.5. The predicted molar refractivity (Wildman–Crippen MR) is 137 cm³/mol. The fraction of sp³-hybridized carbons (Fsp3) is 0.828. The van der Waals surface area contributed by atoms with Gasteiger partial charge in [0.25, 0.3) is 0 Å². The summed E-state index contributed by atoms with van der Waals surface area (Å²) in [4.78, 5) is 48.6. The van der Waals surface area contributed by atoms with Crippen molar-refractivity contribution >= 4 is 17.7 Å². The second-order valence-corrected chi connectivity index (χ2v) is 12.5. The van der Waals surface area contributed by atoms with Crippen LogP contribution in [0.15, 0.2) is 11.6 Å². The molecular formula is C29H43NO7. The lowest BCUT2D eigenvalue weighted by atomic mass is 9.47. The zero-order valence-corrected chi connectivity index (χ0v) is 23.0. The summed E-state index contributed by atoms with van der Waals surface area (Å²) >= 11 is 0. The lowest BCUT2D eigenvalue weighted by Gasteiger charge is -2.58. The normalized spacial score (nSPS) is 39.3. The minimum atomic E-state index is -0.927. The highest BCUT2D eigenvalue weighted by Gasteiger charge is 2.64. The SMILES string of the molecule is CCOC(=O)CC[C@@H]([C@H]1C[C@H]2[C@@H]3CC=C4CC(OC(C)=O)CC[C@]4(C)[C@H]3CC[C@]2(C)C1C(C)=O)[N+](=O)[O-]. The number of esters is 2. The average molecular weight is 518 g/mol. The van der Waals surface area contributed by atoms with Crippen LogP contribution in [0.2, 0.25) is 0 Å². The highest BCUT2D eigenvalue weighted by molar-refractivity contribution is 5.80. The molecule has 0 amide bonds. The van der Waals surface area contributed by atoms with Crippen LogP contribution in [0, 0.1) is 50.5 Å². The van der Waals surface area contributed by atoms with E-state index in [-0.39, 0.29) is 70.8 Å². The Labute approximate surface area is 220 Å². The Hall–Kier alpha value is -2.25. The molecule has 9 atom stereocenters. The summed E-state index contributed by atoms with van der Waals surface area (Å²) < 4.78 is 10.6. The molecule has 0 aromatic carbocycles. The summed E-state index contributed by atoms with van der Waals surface area (Å²) in [6.07, 6.45) is 8.48. The molecule has 0 N–H and O–H groups in total. The Bertz CT molecular complexity index is 975. The van der Waals surface area contributed by atoms with Crippen LogP contribution in [0.4, 0.5) is 0 Å². The summed E-state index contributed by atoms with van der Waals surface area (Å²) in [5.41, 5.74) is 1.16. The highest BCUT2D eigenvalue weighted by Crippen LogP contribution is 2.68.